The van der Waals surface area contributed by atoms with Crippen LogP contribution in [0.25, 0.3) is 0 Å². The molecule has 20 heavy (non-hydrogen) atoms. The smallest absolute Gasteiger partial charge is 0.207 e. The fourth-order valence-corrected chi connectivity index (χ4v) is 3.97. The predicted molar refractivity (Wildman–Crippen MR) is 71.7 cm³/mol. The first-order chi connectivity index (χ1) is 9.21. The summed E-state index contributed by atoms with van der Waals surface area (Å²) in [5.41, 5.74) is 0. The van der Waals surface area contributed by atoms with Crippen molar-refractivity contribution in [3.05, 3.63) is 28.7 Å². The van der Waals surface area contributed by atoms with Gasteiger partial charge in [0, 0.05) is 17.6 Å². The van der Waals surface area contributed by atoms with E-state index in [1.165, 1.54) is 12.1 Å². The number of sulfonamides is 1. The summed E-state index contributed by atoms with van der Waals surface area (Å²) in [4.78, 5) is 0.0172. The third kappa shape index (κ3) is 3.35. The summed E-state index contributed by atoms with van der Waals surface area (Å²) >= 11 is 3.19. The molecule has 1 atom stereocenters. The minimum Gasteiger partial charge on any atom is -0.207 e. The molecule has 1 unspecified atom stereocenters. The quantitative estimate of drug-likeness (QED) is 0.798. The van der Waals surface area contributed by atoms with Gasteiger partial charge in [-0.3, -0.25) is 0 Å². The zero-order valence-electron chi connectivity index (χ0n) is 10.4. The Kier molecular flexibility index (Phi) is 4.46. The van der Waals surface area contributed by atoms with Gasteiger partial charge in [0.05, 0.1) is 10.8 Å². The lowest BCUT2D eigenvalue weighted by Gasteiger charge is -2.32. The topological polar surface area (TPSA) is 37.4 Å². The lowest BCUT2D eigenvalue weighted by atomic mass is 9.99. The molecule has 1 saturated heterocycles. The Hall–Kier alpha value is -0.600. The van der Waals surface area contributed by atoms with Crippen LogP contribution in [0.1, 0.15) is 12.8 Å². The zero-order valence-corrected chi connectivity index (χ0v) is 12.8. The molecule has 3 nitrogen and oxygen atoms in total. The molecule has 0 aliphatic carbocycles. The Morgan fingerprint density at radius 1 is 1.20 bits per heavy atom. The van der Waals surface area contributed by atoms with E-state index in [-0.39, 0.29) is 24.3 Å². The Morgan fingerprint density at radius 3 is 2.35 bits per heavy atom. The van der Waals surface area contributed by atoms with Gasteiger partial charge in [-0.1, -0.05) is 15.9 Å². The average molecular weight is 372 g/mol. The van der Waals surface area contributed by atoms with Crippen LogP contribution >= 0.6 is 15.9 Å². The molecule has 112 valence electrons. The van der Waals surface area contributed by atoms with Gasteiger partial charge in [-0.2, -0.15) is 17.5 Å². The third-order valence-electron chi connectivity index (χ3n) is 3.30. The molecular weight excluding hydrogens is 359 g/mol. The summed E-state index contributed by atoms with van der Waals surface area (Å²) in [5.74, 6) is -1.58. The highest BCUT2D eigenvalue weighted by Gasteiger charge is 2.44. The SMILES string of the molecule is O=S(=O)(c1ccc(Br)cc1)N1CCCC(C(F)(F)F)C1. The van der Waals surface area contributed by atoms with Crippen LogP contribution < -0.4 is 0 Å². The van der Waals surface area contributed by atoms with Crippen LogP contribution in [0.3, 0.4) is 0 Å². The summed E-state index contributed by atoms with van der Waals surface area (Å²) in [6, 6.07) is 5.88. The molecule has 0 aromatic heterocycles. The van der Waals surface area contributed by atoms with Gasteiger partial charge in [0.1, 0.15) is 0 Å². The van der Waals surface area contributed by atoms with Crippen LogP contribution in [-0.4, -0.2) is 32.0 Å². The predicted octanol–water partition coefficient (Wildman–Crippen LogP) is 3.41. The van der Waals surface area contributed by atoms with Crippen molar-refractivity contribution in [2.45, 2.75) is 23.9 Å². The standard InChI is InChI=1S/C12H13BrF3NO2S/c13-10-3-5-11(6-4-10)20(18,19)17-7-1-2-9(8-17)12(14,15)16/h3-6,9H,1-2,7-8H2. The molecule has 0 N–H and O–H groups in total. The average Bonchev–Trinajstić information content (AvgIpc) is 2.38. The molecule has 0 spiro atoms. The lowest BCUT2D eigenvalue weighted by molar-refractivity contribution is -0.182. The number of halogens is 4. The van der Waals surface area contributed by atoms with E-state index in [0.717, 1.165) is 4.31 Å². The number of alkyl halides is 3. The molecular formula is C12H13BrF3NO2S. The number of hydrogen-bond donors (Lipinski definition) is 0. The van der Waals surface area contributed by atoms with Crippen molar-refractivity contribution in [3.8, 4) is 0 Å². The molecule has 1 aliphatic heterocycles. The molecule has 1 aromatic rings. The molecule has 1 aliphatic rings. The second-order valence-electron chi connectivity index (χ2n) is 4.70. The maximum Gasteiger partial charge on any atom is 0.393 e. The van der Waals surface area contributed by atoms with Crippen molar-refractivity contribution in [1.29, 1.82) is 0 Å². The molecule has 1 heterocycles. The Labute approximate surface area is 123 Å². The summed E-state index contributed by atoms with van der Waals surface area (Å²) in [7, 11) is -3.86. The summed E-state index contributed by atoms with van der Waals surface area (Å²) in [5, 5.41) is 0. The summed E-state index contributed by atoms with van der Waals surface area (Å²) < 4.78 is 64.5. The van der Waals surface area contributed by atoms with Gasteiger partial charge >= 0.3 is 6.18 Å². The molecule has 0 bridgehead atoms. The highest BCUT2D eigenvalue weighted by molar-refractivity contribution is 9.10. The van der Waals surface area contributed by atoms with Crippen LogP contribution in [0.4, 0.5) is 13.2 Å². The molecule has 8 heteroatoms. The minimum absolute atomic E-state index is 0.0172. The highest BCUT2D eigenvalue weighted by Crippen LogP contribution is 2.35. The number of nitrogens with zero attached hydrogens (tertiary/aromatic N) is 1. The number of benzene rings is 1. The van der Waals surface area contributed by atoms with Crippen molar-refractivity contribution in [2.24, 2.45) is 5.92 Å². The zero-order chi connectivity index (χ0) is 15.0. The van der Waals surface area contributed by atoms with Gasteiger partial charge in [-0.25, -0.2) is 8.42 Å². The van der Waals surface area contributed by atoms with Crippen LogP contribution in [0.2, 0.25) is 0 Å². The van der Waals surface area contributed by atoms with Crippen molar-refractivity contribution in [2.75, 3.05) is 13.1 Å². The first-order valence-electron chi connectivity index (χ1n) is 6.03. The van der Waals surface area contributed by atoms with E-state index in [1.807, 2.05) is 0 Å². The molecule has 2 rings (SSSR count). The largest absolute Gasteiger partial charge is 0.393 e. The van der Waals surface area contributed by atoms with E-state index >= 15 is 0 Å². The number of piperidine rings is 1. The molecule has 0 amide bonds. The van der Waals surface area contributed by atoms with E-state index in [1.54, 1.807) is 12.1 Å². The second-order valence-corrected chi connectivity index (χ2v) is 7.55. The van der Waals surface area contributed by atoms with Gasteiger partial charge < -0.3 is 0 Å². The van der Waals surface area contributed by atoms with Crippen LogP contribution in [-0.2, 0) is 10.0 Å². The van der Waals surface area contributed by atoms with Gasteiger partial charge in [0.25, 0.3) is 0 Å². The van der Waals surface area contributed by atoms with Crippen molar-refractivity contribution >= 4 is 26.0 Å². The monoisotopic (exact) mass is 371 g/mol. The summed E-state index contributed by atoms with van der Waals surface area (Å²) in [6.45, 7) is -0.368. The fraction of sp³-hybridized carbons (Fsp3) is 0.500. The van der Waals surface area contributed by atoms with Crippen molar-refractivity contribution in [1.82, 2.24) is 4.31 Å². The van der Waals surface area contributed by atoms with Gasteiger partial charge in [-0.15, -0.1) is 0 Å². The maximum atomic E-state index is 12.7. The van der Waals surface area contributed by atoms with Crippen LogP contribution in [0.5, 0.6) is 0 Å². The normalized spacial score (nSPS) is 21.9. The molecule has 0 radical (unpaired) electrons. The van der Waals surface area contributed by atoms with E-state index in [2.05, 4.69) is 15.9 Å². The van der Waals surface area contributed by atoms with E-state index in [0.29, 0.717) is 4.47 Å². The Morgan fingerprint density at radius 2 is 1.80 bits per heavy atom. The highest BCUT2D eigenvalue weighted by atomic mass is 79.9. The molecule has 1 fully saturated rings. The minimum atomic E-state index is -4.35. The third-order valence-corrected chi connectivity index (χ3v) is 5.71. The first-order valence-corrected chi connectivity index (χ1v) is 8.27. The van der Waals surface area contributed by atoms with Crippen LogP contribution in [0, 0.1) is 5.92 Å². The lowest BCUT2D eigenvalue weighted by Crippen LogP contribution is -2.44. The summed E-state index contributed by atoms with van der Waals surface area (Å²) in [6.07, 6.45) is -4.15. The van der Waals surface area contributed by atoms with Crippen LogP contribution in [0.15, 0.2) is 33.6 Å². The van der Waals surface area contributed by atoms with Gasteiger partial charge in [0.2, 0.25) is 10.0 Å². The van der Waals surface area contributed by atoms with E-state index < -0.39 is 28.7 Å². The van der Waals surface area contributed by atoms with E-state index in [4.69, 9.17) is 0 Å². The number of hydrogen-bond acceptors (Lipinski definition) is 2. The first kappa shape index (κ1) is 15.8. The molecule has 0 saturated carbocycles. The van der Waals surface area contributed by atoms with Crippen molar-refractivity contribution < 1.29 is 21.6 Å². The Bertz CT molecular complexity index is 571. The Balaban J connectivity index is 2.23. The van der Waals surface area contributed by atoms with Gasteiger partial charge in [-0.05, 0) is 37.1 Å². The second kappa shape index (κ2) is 5.65. The maximum absolute atomic E-state index is 12.7. The van der Waals surface area contributed by atoms with E-state index in [9.17, 15) is 21.6 Å². The van der Waals surface area contributed by atoms with Crippen molar-refractivity contribution in [3.63, 3.8) is 0 Å². The number of rotatable bonds is 2. The van der Waals surface area contributed by atoms with Gasteiger partial charge in [0.15, 0.2) is 0 Å². The molecule has 1 aromatic carbocycles. The fourth-order valence-electron chi connectivity index (χ4n) is 2.18.